The summed E-state index contributed by atoms with van der Waals surface area (Å²) in [6.07, 6.45) is 2.36. The maximum Gasteiger partial charge on any atom is 0.268 e. The summed E-state index contributed by atoms with van der Waals surface area (Å²) >= 11 is 1.31. The van der Waals surface area contributed by atoms with Crippen molar-refractivity contribution in [2.45, 2.75) is 27.2 Å². The van der Waals surface area contributed by atoms with Gasteiger partial charge >= 0.3 is 0 Å². The summed E-state index contributed by atoms with van der Waals surface area (Å²) in [6.45, 7) is 5.88. The minimum Gasteiger partial charge on any atom is -0.296 e. The number of hydrogen-bond donors (Lipinski definition) is 1. The number of benzene rings is 1. The molecule has 0 saturated heterocycles. The molecule has 5 nitrogen and oxygen atoms in total. The quantitative estimate of drug-likeness (QED) is 0.694. The molecule has 0 aliphatic heterocycles. The number of aromatic nitrogens is 2. The Bertz CT molecular complexity index is 771. The van der Waals surface area contributed by atoms with E-state index in [1.165, 1.54) is 11.3 Å². The lowest BCUT2D eigenvalue weighted by Crippen LogP contribution is -2.13. The van der Waals surface area contributed by atoms with E-state index in [2.05, 4.69) is 15.5 Å². The van der Waals surface area contributed by atoms with Crippen LogP contribution in [0.1, 0.15) is 28.6 Å². The number of carbonyl (C=O) groups is 1. The highest BCUT2D eigenvalue weighted by Crippen LogP contribution is 2.18. The minimum absolute atomic E-state index is 0.0435. The van der Waals surface area contributed by atoms with Gasteiger partial charge in [0.1, 0.15) is 16.6 Å². The highest BCUT2D eigenvalue weighted by atomic mass is 32.1. The van der Waals surface area contributed by atoms with Gasteiger partial charge in [0.2, 0.25) is 5.13 Å². The molecule has 1 amide bonds. The maximum absolute atomic E-state index is 12.2. The number of hydrogen-bond acceptors (Lipinski definition) is 5. The molecule has 0 aliphatic carbocycles. The minimum atomic E-state index is -0.470. The van der Waals surface area contributed by atoms with E-state index in [1.54, 1.807) is 6.08 Å². The van der Waals surface area contributed by atoms with Crippen LogP contribution in [0.3, 0.4) is 0 Å². The van der Waals surface area contributed by atoms with E-state index in [9.17, 15) is 10.1 Å². The molecule has 0 aliphatic rings. The molecule has 0 saturated carbocycles. The first-order chi connectivity index (χ1) is 10.5. The Morgan fingerprint density at radius 1 is 1.41 bits per heavy atom. The van der Waals surface area contributed by atoms with E-state index < -0.39 is 5.91 Å². The standard InChI is InChI=1S/C16H16N4OS/c1-4-14-19-20-16(22-14)18-15(21)13(9-17)8-12-7-10(2)5-6-11(12)3/h5-8H,4H2,1-3H3,(H,18,20,21)/b13-8-. The van der Waals surface area contributed by atoms with Crippen LogP contribution in [0.15, 0.2) is 23.8 Å². The fourth-order valence-corrected chi connectivity index (χ4v) is 2.51. The second-order valence-electron chi connectivity index (χ2n) is 4.84. The van der Waals surface area contributed by atoms with E-state index in [4.69, 9.17) is 0 Å². The summed E-state index contributed by atoms with van der Waals surface area (Å²) in [5.41, 5.74) is 2.99. The monoisotopic (exact) mass is 312 g/mol. The first-order valence-corrected chi connectivity index (χ1v) is 7.68. The number of nitrogens with zero attached hydrogens (tertiary/aromatic N) is 3. The normalized spacial score (nSPS) is 11.1. The van der Waals surface area contributed by atoms with E-state index in [0.717, 1.165) is 28.1 Å². The van der Waals surface area contributed by atoms with E-state index in [0.29, 0.717) is 5.13 Å². The van der Waals surface area contributed by atoms with Gasteiger partial charge in [0, 0.05) is 0 Å². The Morgan fingerprint density at radius 3 is 2.82 bits per heavy atom. The lowest BCUT2D eigenvalue weighted by Gasteiger charge is -2.04. The number of aryl methyl sites for hydroxylation is 3. The molecular weight excluding hydrogens is 296 g/mol. The second kappa shape index (κ2) is 6.96. The molecule has 0 bridgehead atoms. The van der Waals surface area contributed by atoms with Gasteiger partial charge in [0.25, 0.3) is 5.91 Å². The molecule has 0 fully saturated rings. The molecule has 22 heavy (non-hydrogen) atoms. The summed E-state index contributed by atoms with van der Waals surface area (Å²) in [5.74, 6) is -0.470. The molecule has 2 aromatic rings. The molecular formula is C16H16N4OS. The van der Waals surface area contributed by atoms with E-state index in [-0.39, 0.29) is 5.57 Å². The Morgan fingerprint density at radius 2 is 2.18 bits per heavy atom. The van der Waals surface area contributed by atoms with Gasteiger partial charge in [-0.3, -0.25) is 10.1 Å². The predicted molar refractivity (Wildman–Crippen MR) is 87.4 cm³/mol. The fraction of sp³-hybridized carbons (Fsp3) is 0.250. The summed E-state index contributed by atoms with van der Waals surface area (Å²) < 4.78 is 0. The SMILES string of the molecule is CCc1nnc(NC(=O)/C(C#N)=C\c2cc(C)ccc2C)s1. The maximum atomic E-state index is 12.2. The van der Waals surface area contributed by atoms with Crippen molar-refractivity contribution >= 4 is 28.5 Å². The van der Waals surface area contributed by atoms with Crippen LogP contribution in [0, 0.1) is 25.2 Å². The molecule has 1 aromatic heterocycles. The number of nitrogens with one attached hydrogen (secondary N) is 1. The van der Waals surface area contributed by atoms with Crippen LogP contribution < -0.4 is 5.32 Å². The number of rotatable bonds is 4. The molecule has 6 heteroatoms. The molecule has 112 valence electrons. The molecule has 0 unspecified atom stereocenters. The zero-order valence-electron chi connectivity index (χ0n) is 12.7. The van der Waals surface area contributed by atoms with Crippen LogP contribution in [0.5, 0.6) is 0 Å². The van der Waals surface area contributed by atoms with Crippen molar-refractivity contribution in [3.05, 3.63) is 45.5 Å². The number of nitriles is 1. The predicted octanol–water partition coefficient (Wildman–Crippen LogP) is 3.26. The molecule has 0 atom stereocenters. The average Bonchev–Trinajstić information content (AvgIpc) is 2.95. The second-order valence-corrected chi connectivity index (χ2v) is 5.90. The van der Waals surface area contributed by atoms with Crippen LogP contribution in [0.4, 0.5) is 5.13 Å². The van der Waals surface area contributed by atoms with Crippen molar-refractivity contribution in [2.24, 2.45) is 0 Å². The van der Waals surface area contributed by atoms with Crippen LogP contribution in [-0.2, 0) is 11.2 Å². The van der Waals surface area contributed by atoms with Crippen molar-refractivity contribution in [2.75, 3.05) is 5.32 Å². The van der Waals surface area contributed by atoms with Crippen LogP contribution in [0.25, 0.3) is 6.08 Å². The lowest BCUT2D eigenvalue weighted by atomic mass is 10.0. The summed E-state index contributed by atoms with van der Waals surface area (Å²) in [7, 11) is 0. The summed E-state index contributed by atoms with van der Waals surface area (Å²) in [4.78, 5) is 12.2. The molecule has 0 spiro atoms. The highest BCUT2D eigenvalue weighted by molar-refractivity contribution is 7.15. The van der Waals surface area contributed by atoms with Gasteiger partial charge in [0.05, 0.1) is 0 Å². The number of carbonyl (C=O) groups excluding carboxylic acids is 1. The first kappa shape index (κ1) is 15.9. The van der Waals surface area contributed by atoms with E-state index in [1.807, 2.05) is 45.0 Å². The van der Waals surface area contributed by atoms with Crippen LogP contribution in [-0.4, -0.2) is 16.1 Å². The summed E-state index contributed by atoms with van der Waals surface area (Å²) in [6, 6.07) is 7.85. The number of amides is 1. The Balaban J connectivity index is 2.23. The third-order valence-electron chi connectivity index (χ3n) is 3.09. The van der Waals surface area contributed by atoms with Crippen molar-refractivity contribution in [3.63, 3.8) is 0 Å². The smallest absolute Gasteiger partial charge is 0.268 e. The van der Waals surface area contributed by atoms with Crippen molar-refractivity contribution in [1.29, 1.82) is 5.26 Å². The van der Waals surface area contributed by atoms with E-state index >= 15 is 0 Å². The number of anilines is 1. The van der Waals surface area contributed by atoms with Crippen molar-refractivity contribution in [3.8, 4) is 6.07 Å². The third kappa shape index (κ3) is 3.77. The van der Waals surface area contributed by atoms with Crippen LogP contribution >= 0.6 is 11.3 Å². The van der Waals surface area contributed by atoms with Gasteiger partial charge in [-0.2, -0.15) is 5.26 Å². The van der Waals surface area contributed by atoms with Gasteiger partial charge < -0.3 is 0 Å². The Labute approximate surface area is 133 Å². The zero-order valence-corrected chi connectivity index (χ0v) is 13.5. The molecule has 1 N–H and O–H groups in total. The van der Waals surface area contributed by atoms with Gasteiger partial charge in [0.15, 0.2) is 0 Å². The fourth-order valence-electron chi connectivity index (χ4n) is 1.83. The third-order valence-corrected chi connectivity index (χ3v) is 4.07. The Hall–Kier alpha value is -2.52. The van der Waals surface area contributed by atoms with Gasteiger partial charge in [-0.05, 0) is 37.5 Å². The van der Waals surface area contributed by atoms with Gasteiger partial charge in [-0.15, -0.1) is 10.2 Å². The highest BCUT2D eigenvalue weighted by Gasteiger charge is 2.13. The zero-order chi connectivity index (χ0) is 16.1. The first-order valence-electron chi connectivity index (χ1n) is 6.86. The average molecular weight is 312 g/mol. The molecule has 1 aromatic carbocycles. The molecule has 0 radical (unpaired) electrons. The van der Waals surface area contributed by atoms with Crippen molar-refractivity contribution in [1.82, 2.24) is 10.2 Å². The van der Waals surface area contributed by atoms with Gasteiger partial charge in [-0.25, -0.2) is 0 Å². The Kier molecular flexibility index (Phi) is 5.02. The molecule has 2 rings (SSSR count). The molecule has 1 heterocycles. The summed E-state index contributed by atoms with van der Waals surface area (Å²) in [5, 5.41) is 20.9. The van der Waals surface area contributed by atoms with Crippen molar-refractivity contribution < 1.29 is 4.79 Å². The van der Waals surface area contributed by atoms with Crippen LogP contribution in [0.2, 0.25) is 0 Å². The topological polar surface area (TPSA) is 78.7 Å². The largest absolute Gasteiger partial charge is 0.296 e. The van der Waals surface area contributed by atoms with Gasteiger partial charge in [-0.1, -0.05) is 42.0 Å². The lowest BCUT2D eigenvalue weighted by molar-refractivity contribution is -0.112.